The van der Waals surface area contributed by atoms with Gasteiger partial charge in [-0.15, -0.1) is 0 Å². The van der Waals surface area contributed by atoms with Gasteiger partial charge in [-0.05, 0) is 25.3 Å². The maximum Gasteiger partial charge on any atom is 0.134 e. The SMILES string of the molecule is CCCc1ccnc(C(C)(CC)CC)n1. The zero-order valence-corrected chi connectivity index (χ0v) is 10.4. The van der Waals surface area contributed by atoms with E-state index in [0.717, 1.165) is 31.5 Å². The molecule has 2 nitrogen and oxygen atoms in total. The third-order valence-corrected chi connectivity index (χ3v) is 3.32. The number of rotatable bonds is 5. The molecular weight excluding hydrogens is 184 g/mol. The van der Waals surface area contributed by atoms with Crippen molar-refractivity contribution in [2.24, 2.45) is 0 Å². The highest BCUT2D eigenvalue weighted by molar-refractivity contribution is 5.10. The fraction of sp³-hybridized carbons (Fsp3) is 0.692. The predicted octanol–water partition coefficient (Wildman–Crippen LogP) is 3.51. The van der Waals surface area contributed by atoms with Gasteiger partial charge in [-0.3, -0.25) is 0 Å². The fourth-order valence-corrected chi connectivity index (χ4v) is 1.65. The van der Waals surface area contributed by atoms with Crippen molar-refractivity contribution in [3.63, 3.8) is 0 Å². The van der Waals surface area contributed by atoms with Gasteiger partial charge in [-0.25, -0.2) is 9.97 Å². The normalized spacial score (nSPS) is 11.7. The van der Waals surface area contributed by atoms with Gasteiger partial charge in [0.2, 0.25) is 0 Å². The van der Waals surface area contributed by atoms with E-state index >= 15 is 0 Å². The van der Waals surface area contributed by atoms with Crippen molar-refractivity contribution >= 4 is 0 Å². The molecule has 0 amide bonds. The maximum atomic E-state index is 4.67. The standard InChI is InChI=1S/C13H22N2/c1-5-8-11-9-10-14-12(15-11)13(4,6-2)7-3/h9-10H,5-8H2,1-4H3. The average molecular weight is 206 g/mol. The van der Waals surface area contributed by atoms with E-state index in [1.807, 2.05) is 12.3 Å². The van der Waals surface area contributed by atoms with Gasteiger partial charge in [-0.2, -0.15) is 0 Å². The highest BCUT2D eigenvalue weighted by atomic mass is 14.9. The van der Waals surface area contributed by atoms with Gasteiger partial charge >= 0.3 is 0 Å². The molecular formula is C13H22N2. The van der Waals surface area contributed by atoms with Crippen LogP contribution < -0.4 is 0 Å². The van der Waals surface area contributed by atoms with E-state index in [9.17, 15) is 0 Å². The monoisotopic (exact) mass is 206 g/mol. The first-order chi connectivity index (χ1) is 7.16. The van der Waals surface area contributed by atoms with Crippen molar-refractivity contribution in [2.45, 2.75) is 58.8 Å². The first kappa shape index (κ1) is 12.2. The summed E-state index contributed by atoms with van der Waals surface area (Å²) in [7, 11) is 0. The van der Waals surface area contributed by atoms with Gasteiger partial charge in [-0.1, -0.05) is 34.1 Å². The van der Waals surface area contributed by atoms with E-state index in [1.165, 1.54) is 5.69 Å². The third kappa shape index (κ3) is 2.77. The van der Waals surface area contributed by atoms with Crippen molar-refractivity contribution in [2.75, 3.05) is 0 Å². The smallest absolute Gasteiger partial charge is 0.134 e. The van der Waals surface area contributed by atoms with Gasteiger partial charge in [0, 0.05) is 17.3 Å². The molecule has 0 N–H and O–H groups in total. The Morgan fingerprint density at radius 3 is 2.40 bits per heavy atom. The molecule has 0 radical (unpaired) electrons. The topological polar surface area (TPSA) is 25.8 Å². The highest BCUT2D eigenvalue weighted by Gasteiger charge is 2.25. The molecule has 0 aliphatic heterocycles. The molecule has 0 aliphatic carbocycles. The molecule has 0 aliphatic rings. The molecule has 0 bridgehead atoms. The quantitative estimate of drug-likeness (QED) is 0.736. The second-order valence-corrected chi connectivity index (χ2v) is 4.39. The number of hydrogen-bond acceptors (Lipinski definition) is 2. The zero-order chi connectivity index (χ0) is 11.3. The van der Waals surface area contributed by atoms with Gasteiger partial charge < -0.3 is 0 Å². The minimum Gasteiger partial charge on any atom is -0.241 e. The van der Waals surface area contributed by atoms with Crippen LogP contribution in [-0.4, -0.2) is 9.97 Å². The minimum absolute atomic E-state index is 0.143. The van der Waals surface area contributed by atoms with Crippen LogP contribution in [0.4, 0.5) is 0 Å². The van der Waals surface area contributed by atoms with Crippen LogP contribution in [-0.2, 0) is 11.8 Å². The molecule has 0 aromatic carbocycles. The summed E-state index contributed by atoms with van der Waals surface area (Å²) in [4.78, 5) is 9.09. The predicted molar refractivity (Wildman–Crippen MR) is 64.0 cm³/mol. The Hall–Kier alpha value is -0.920. The van der Waals surface area contributed by atoms with Crippen LogP contribution in [0.15, 0.2) is 12.3 Å². The van der Waals surface area contributed by atoms with Crippen molar-refractivity contribution in [1.29, 1.82) is 0 Å². The van der Waals surface area contributed by atoms with Crippen LogP contribution in [0.1, 0.15) is 58.5 Å². The zero-order valence-electron chi connectivity index (χ0n) is 10.4. The van der Waals surface area contributed by atoms with Crippen LogP contribution in [0.2, 0.25) is 0 Å². The molecule has 0 spiro atoms. The molecule has 0 atom stereocenters. The second-order valence-electron chi connectivity index (χ2n) is 4.39. The second kappa shape index (κ2) is 5.24. The summed E-state index contributed by atoms with van der Waals surface area (Å²) in [6.45, 7) is 8.84. The lowest BCUT2D eigenvalue weighted by Crippen LogP contribution is -2.23. The lowest BCUT2D eigenvalue weighted by Gasteiger charge is -2.24. The van der Waals surface area contributed by atoms with Crippen molar-refractivity contribution in [3.8, 4) is 0 Å². The van der Waals surface area contributed by atoms with E-state index in [-0.39, 0.29) is 5.41 Å². The molecule has 15 heavy (non-hydrogen) atoms. The number of hydrogen-bond donors (Lipinski definition) is 0. The minimum atomic E-state index is 0.143. The van der Waals surface area contributed by atoms with Crippen LogP contribution in [0, 0.1) is 0 Å². The van der Waals surface area contributed by atoms with Crippen LogP contribution in [0.3, 0.4) is 0 Å². The third-order valence-electron chi connectivity index (χ3n) is 3.32. The Morgan fingerprint density at radius 1 is 1.20 bits per heavy atom. The largest absolute Gasteiger partial charge is 0.241 e. The molecule has 1 heterocycles. The van der Waals surface area contributed by atoms with Crippen molar-refractivity contribution in [3.05, 3.63) is 23.8 Å². The summed E-state index contributed by atoms with van der Waals surface area (Å²) >= 11 is 0. The van der Waals surface area contributed by atoms with Crippen LogP contribution in [0.25, 0.3) is 0 Å². The summed E-state index contributed by atoms with van der Waals surface area (Å²) in [6, 6.07) is 2.03. The Bertz CT molecular complexity index is 303. The lowest BCUT2D eigenvalue weighted by atomic mass is 9.84. The molecule has 1 rings (SSSR count). The molecule has 1 aromatic heterocycles. The van der Waals surface area contributed by atoms with Gasteiger partial charge in [0.1, 0.15) is 5.82 Å². The summed E-state index contributed by atoms with van der Waals surface area (Å²) in [5, 5.41) is 0. The molecule has 84 valence electrons. The highest BCUT2D eigenvalue weighted by Crippen LogP contribution is 2.27. The Balaban J connectivity index is 2.98. The Labute approximate surface area is 93.2 Å². The van der Waals surface area contributed by atoms with E-state index in [1.54, 1.807) is 0 Å². The molecule has 2 heteroatoms. The average Bonchev–Trinajstić information content (AvgIpc) is 2.29. The van der Waals surface area contributed by atoms with E-state index < -0.39 is 0 Å². The molecule has 0 saturated carbocycles. The number of nitrogens with zero attached hydrogens (tertiary/aromatic N) is 2. The summed E-state index contributed by atoms with van der Waals surface area (Å²) in [5.74, 6) is 1.01. The van der Waals surface area contributed by atoms with E-state index in [2.05, 4.69) is 37.7 Å². The Kier molecular flexibility index (Phi) is 4.25. The molecule has 0 fully saturated rings. The van der Waals surface area contributed by atoms with Gasteiger partial charge in [0.05, 0.1) is 0 Å². The summed E-state index contributed by atoms with van der Waals surface area (Å²) in [6.07, 6.45) is 6.29. The number of aromatic nitrogens is 2. The summed E-state index contributed by atoms with van der Waals surface area (Å²) < 4.78 is 0. The first-order valence-corrected chi connectivity index (χ1v) is 5.98. The lowest BCUT2D eigenvalue weighted by molar-refractivity contribution is 0.410. The maximum absolute atomic E-state index is 4.67. The van der Waals surface area contributed by atoms with Crippen LogP contribution >= 0.6 is 0 Å². The van der Waals surface area contributed by atoms with Crippen molar-refractivity contribution in [1.82, 2.24) is 9.97 Å². The number of aryl methyl sites for hydroxylation is 1. The molecule has 0 unspecified atom stereocenters. The van der Waals surface area contributed by atoms with Crippen molar-refractivity contribution < 1.29 is 0 Å². The molecule has 0 saturated heterocycles. The van der Waals surface area contributed by atoms with E-state index in [0.29, 0.717) is 0 Å². The first-order valence-electron chi connectivity index (χ1n) is 5.98. The van der Waals surface area contributed by atoms with Gasteiger partial charge in [0.15, 0.2) is 0 Å². The van der Waals surface area contributed by atoms with Gasteiger partial charge in [0.25, 0.3) is 0 Å². The summed E-state index contributed by atoms with van der Waals surface area (Å²) in [5.41, 5.74) is 1.32. The fourth-order valence-electron chi connectivity index (χ4n) is 1.65. The van der Waals surface area contributed by atoms with E-state index in [4.69, 9.17) is 0 Å². The molecule has 1 aromatic rings. The van der Waals surface area contributed by atoms with Crippen LogP contribution in [0.5, 0.6) is 0 Å². The Morgan fingerprint density at radius 2 is 1.87 bits per heavy atom.